The summed E-state index contributed by atoms with van der Waals surface area (Å²) >= 11 is 0. The highest BCUT2D eigenvalue weighted by Gasteiger charge is 2.49. The van der Waals surface area contributed by atoms with Crippen LogP contribution in [0.1, 0.15) is 50.1 Å². The minimum Gasteiger partial charge on any atom is -0.335 e. The molecule has 1 aromatic heterocycles. The molecule has 0 bridgehead atoms. The number of amides is 2. The Kier molecular flexibility index (Phi) is 3.70. The Morgan fingerprint density at radius 3 is 2.73 bits per heavy atom. The molecule has 0 radical (unpaired) electrons. The second kappa shape index (κ2) is 5.41. The van der Waals surface area contributed by atoms with Crippen molar-refractivity contribution in [2.75, 3.05) is 13.1 Å². The fraction of sp³-hybridized carbons (Fsp3) is 0.688. The average Bonchev–Trinajstić information content (AvgIpc) is 2.90. The van der Waals surface area contributed by atoms with Crippen LogP contribution in [0.25, 0.3) is 0 Å². The molecular formula is C16H24N4O2. The van der Waals surface area contributed by atoms with Crippen molar-refractivity contribution in [2.45, 2.75) is 51.1 Å². The van der Waals surface area contributed by atoms with Gasteiger partial charge >= 0.3 is 0 Å². The summed E-state index contributed by atoms with van der Waals surface area (Å²) in [5, 5.41) is 0. The number of aryl methyl sites for hydroxylation is 1. The zero-order chi connectivity index (χ0) is 15.9. The molecule has 2 atom stereocenters. The number of hydrogen-bond acceptors (Lipinski definition) is 3. The number of imidazole rings is 1. The Hall–Kier alpha value is -1.85. The lowest BCUT2D eigenvalue weighted by Crippen LogP contribution is -2.68. The smallest absolute Gasteiger partial charge is 0.290 e. The van der Waals surface area contributed by atoms with Crippen molar-refractivity contribution < 1.29 is 9.59 Å². The molecule has 2 aliphatic heterocycles. The van der Waals surface area contributed by atoms with Crippen LogP contribution in [-0.2, 0) is 11.8 Å². The fourth-order valence-electron chi connectivity index (χ4n) is 4.21. The van der Waals surface area contributed by atoms with Gasteiger partial charge in [0.2, 0.25) is 5.91 Å². The van der Waals surface area contributed by atoms with Crippen LogP contribution in [0, 0.1) is 0 Å². The maximum atomic E-state index is 12.9. The lowest BCUT2D eigenvalue weighted by molar-refractivity contribution is -0.143. The first-order valence-corrected chi connectivity index (χ1v) is 8.01. The summed E-state index contributed by atoms with van der Waals surface area (Å²) in [5.41, 5.74) is -0.247. The van der Waals surface area contributed by atoms with Crippen molar-refractivity contribution in [3.05, 3.63) is 18.2 Å². The predicted molar refractivity (Wildman–Crippen MR) is 82.3 cm³/mol. The molecular weight excluding hydrogens is 280 g/mol. The molecule has 22 heavy (non-hydrogen) atoms. The minimum absolute atomic E-state index is 0.0196. The molecule has 3 rings (SSSR count). The monoisotopic (exact) mass is 304 g/mol. The van der Waals surface area contributed by atoms with Crippen LogP contribution in [0.5, 0.6) is 0 Å². The number of hydrogen-bond donors (Lipinski definition) is 0. The highest BCUT2D eigenvalue weighted by atomic mass is 16.2. The van der Waals surface area contributed by atoms with Crippen molar-refractivity contribution in [3.8, 4) is 0 Å². The first kappa shape index (κ1) is 15.1. The summed E-state index contributed by atoms with van der Waals surface area (Å²) in [4.78, 5) is 33.0. The summed E-state index contributed by atoms with van der Waals surface area (Å²) in [6, 6.07) is 0.0862. The second-order valence-electron chi connectivity index (χ2n) is 6.65. The zero-order valence-electron chi connectivity index (χ0n) is 13.6. The Morgan fingerprint density at radius 2 is 2.09 bits per heavy atom. The molecule has 0 N–H and O–H groups in total. The number of carbonyl (C=O) groups is 2. The summed E-state index contributed by atoms with van der Waals surface area (Å²) in [6.07, 6.45) is 7.23. The van der Waals surface area contributed by atoms with Gasteiger partial charge in [-0.05, 0) is 32.6 Å². The van der Waals surface area contributed by atoms with Gasteiger partial charge in [-0.15, -0.1) is 0 Å². The van der Waals surface area contributed by atoms with E-state index in [1.807, 2.05) is 16.8 Å². The van der Waals surface area contributed by atoms with Crippen LogP contribution >= 0.6 is 0 Å². The fourth-order valence-corrected chi connectivity index (χ4v) is 4.21. The lowest BCUT2D eigenvalue weighted by atomic mass is 9.76. The molecule has 3 heterocycles. The molecule has 6 nitrogen and oxygen atoms in total. The molecule has 2 saturated heterocycles. The summed E-state index contributed by atoms with van der Waals surface area (Å²) < 4.78 is 1.76. The highest BCUT2D eigenvalue weighted by Crippen LogP contribution is 2.39. The summed E-state index contributed by atoms with van der Waals surface area (Å²) in [6.45, 7) is 5.31. The largest absolute Gasteiger partial charge is 0.335 e. The topological polar surface area (TPSA) is 58.4 Å². The SMILES string of the molecule is CC(=O)N1CCC[C@H]2N(C(=O)c3nccn3C)CCC[C@@]21C. The molecule has 2 aliphatic rings. The van der Waals surface area contributed by atoms with Gasteiger partial charge in [0.25, 0.3) is 5.91 Å². The molecule has 6 heteroatoms. The van der Waals surface area contributed by atoms with Crippen LogP contribution in [0.4, 0.5) is 0 Å². The lowest BCUT2D eigenvalue weighted by Gasteiger charge is -2.56. The summed E-state index contributed by atoms with van der Waals surface area (Å²) in [5.74, 6) is 0.566. The Bertz CT molecular complexity index is 597. The van der Waals surface area contributed by atoms with Gasteiger partial charge in [-0.25, -0.2) is 4.98 Å². The first-order chi connectivity index (χ1) is 10.4. The number of rotatable bonds is 1. The maximum Gasteiger partial charge on any atom is 0.290 e. The quantitative estimate of drug-likeness (QED) is 0.788. The maximum absolute atomic E-state index is 12.9. The van der Waals surface area contributed by atoms with Gasteiger partial charge in [0.05, 0.1) is 11.6 Å². The molecule has 0 aromatic carbocycles. The van der Waals surface area contributed by atoms with Gasteiger partial charge in [0.15, 0.2) is 5.82 Å². The number of likely N-dealkylation sites (tertiary alicyclic amines) is 2. The number of piperidine rings is 2. The van der Waals surface area contributed by atoms with Gasteiger partial charge in [0.1, 0.15) is 0 Å². The molecule has 0 aliphatic carbocycles. The van der Waals surface area contributed by atoms with E-state index in [9.17, 15) is 9.59 Å². The highest BCUT2D eigenvalue weighted by molar-refractivity contribution is 5.91. The predicted octanol–water partition coefficient (Wildman–Crippen LogP) is 1.43. The van der Waals surface area contributed by atoms with E-state index in [1.54, 1.807) is 23.9 Å². The number of fused-ring (bicyclic) bond motifs is 1. The van der Waals surface area contributed by atoms with Gasteiger partial charge in [-0.2, -0.15) is 0 Å². The Balaban J connectivity index is 1.92. The molecule has 2 fully saturated rings. The van der Waals surface area contributed by atoms with Crippen molar-refractivity contribution in [3.63, 3.8) is 0 Å². The van der Waals surface area contributed by atoms with E-state index >= 15 is 0 Å². The number of aromatic nitrogens is 2. The molecule has 0 saturated carbocycles. The van der Waals surface area contributed by atoms with E-state index in [0.717, 1.165) is 38.8 Å². The van der Waals surface area contributed by atoms with Crippen molar-refractivity contribution in [1.29, 1.82) is 0 Å². The van der Waals surface area contributed by atoms with Gasteiger partial charge in [0, 0.05) is 39.5 Å². The minimum atomic E-state index is -0.247. The standard InChI is InChI=1S/C16H24N4O2/c1-12(21)20-10-4-6-13-16(20,2)7-5-9-19(13)15(22)14-17-8-11-18(14)3/h8,11,13H,4-7,9-10H2,1-3H3/t13-,16+/m1/s1. The third-order valence-corrected chi connectivity index (χ3v) is 5.31. The number of nitrogens with zero attached hydrogens (tertiary/aromatic N) is 4. The van der Waals surface area contributed by atoms with E-state index in [-0.39, 0.29) is 23.4 Å². The van der Waals surface area contributed by atoms with Crippen LogP contribution < -0.4 is 0 Å². The Morgan fingerprint density at radius 1 is 1.32 bits per heavy atom. The van der Waals surface area contributed by atoms with Crippen LogP contribution in [0.15, 0.2) is 12.4 Å². The van der Waals surface area contributed by atoms with E-state index in [2.05, 4.69) is 11.9 Å². The van der Waals surface area contributed by atoms with Crippen molar-refractivity contribution >= 4 is 11.8 Å². The Labute approximate surface area is 131 Å². The van der Waals surface area contributed by atoms with E-state index < -0.39 is 0 Å². The van der Waals surface area contributed by atoms with Crippen LogP contribution in [0.2, 0.25) is 0 Å². The van der Waals surface area contributed by atoms with E-state index in [0.29, 0.717) is 5.82 Å². The van der Waals surface area contributed by atoms with Crippen LogP contribution in [-0.4, -0.2) is 55.8 Å². The molecule has 0 unspecified atom stereocenters. The van der Waals surface area contributed by atoms with Crippen molar-refractivity contribution in [2.24, 2.45) is 7.05 Å². The molecule has 2 amide bonds. The summed E-state index contributed by atoms with van der Waals surface area (Å²) in [7, 11) is 1.84. The third kappa shape index (κ3) is 2.21. The third-order valence-electron chi connectivity index (χ3n) is 5.31. The zero-order valence-corrected chi connectivity index (χ0v) is 13.6. The van der Waals surface area contributed by atoms with Gasteiger partial charge < -0.3 is 14.4 Å². The van der Waals surface area contributed by atoms with E-state index in [4.69, 9.17) is 0 Å². The number of carbonyl (C=O) groups excluding carboxylic acids is 2. The molecule has 120 valence electrons. The average molecular weight is 304 g/mol. The van der Waals surface area contributed by atoms with Gasteiger partial charge in [-0.1, -0.05) is 0 Å². The molecule has 1 aromatic rings. The van der Waals surface area contributed by atoms with Crippen LogP contribution in [0.3, 0.4) is 0 Å². The first-order valence-electron chi connectivity index (χ1n) is 8.01. The second-order valence-corrected chi connectivity index (χ2v) is 6.65. The van der Waals surface area contributed by atoms with E-state index in [1.165, 1.54) is 0 Å². The molecule has 0 spiro atoms. The normalized spacial score (nSPS) is 28.4. The van der Waals surface area contributed by atoms with Gasteiger partial charge in [-0.3, -0.25) is 9.59 Å². The van der Waals surface area contributed by atoms with Crippen molar-refractivity contribution in [1.82, 2.24) is 19.4 Å².